The topological polar surface area (TPSA) is 95.0 Å². The smallest absolute Gasteiger partial charge is 0.410 e. The first kappa shape index (κ1) is 25.8. The molecule has 1 aromatic heterocycles. The first-order valence-corrected chi connectivity index (χ1v) is 12.5. The lowest BCUT2D eigenvalue weighted by atomic mass is 10.1. The van der Waals surface area contributed by atoms with Crippen LogP contribution >= 0.6 is 15.9 Å². The molecule has 1 aliphatic heterocycles. The SMILES string of the molecule is COc1ccc(Br)cc1Nc1ncnc2cc(OC)c(OC3CCN(C(=O)OC(C)(C)C)CC3)cc12. The van der Waals surface area contributed by atoms with E-state index >= 15 is 0 Å². The van der Waals surface area contributed by atoms with Crippen molar-refractivity contribution in [2.75, 3.05) is 32.6 Å². The number of carbonyl (C=O) groups excluding carboxylic acids is 1. The number of nitrogens with one attached hydrogen (secondary N) is 1. The number of methoxy groups -OCH3 is 2. The molecule has 192 valence electrons. The second kappa shape index (κ2) is 10.8. The van der Waals surface area contributed by atoms with Gasteiger partial charge in [0, 0.05) is 41.9 Å². The van der Waals surface area contributed by atoms with Crippen LogP contribution < -0.4 is 19.5 Å². The molecular formula is C26H31BrN4O5. The van der Waals surface area contributed by atoms with Crippen molar-refractivity contribution in [1.82, 2.24) is 14.9 Å². The van der Waals surface area contributed by atoms with Gasteiger partial charge in [0.2, 0.25) is 0 Å². The second-order valence-corrected chi connectivity index (χ2v) is 10.4. The number of rotatable bonds is 6. The van der Waals surface area contributed by atoms with E-state index in [0.29, 0.717) is 54.5 Å². The number of piperidine rings is 1. The Morgan fingerprint density at radius 3 is 2.42 bits per heavy atom. The number of halogens is 1. The van der Waals surface area contributed by atoms with Crippen LogP contribution in [-0.2, 0) is 4.74 Å². The maximum absolute atomic E-state index is 12.4. The summed E-state index contributed by atoms with van der Waals surface area (Å²) in [6, 6.07) is 9.43. The standard InChI is InChI=1S/C26H31BrN4O5/c1-26(2,3)36-25(32)31-10-8-17(9-11-31)35-23-13-18-19(14-22(23)34-5)28-15-29-24(18)30-20-12-16(27)6-7-21(20)33-4/h6-7,12-15,17H,8-11H2,1-5H3,(H,28,29,30). The molecule has 0 bridgehead atoms. The quantitative estimate of drug-likeness (QED) is 0.397. The first-order chi connectivity index (χ1) is 17.2. The van der Waals surface area contributed by atoms with Crippen LogP contribution in [0, 0.1) is 0 Å². The average Bonchev–Trinajstić information content (AvgIpc) is 2.83. The molecule has 1 saturated heterocycles. The number of nitrogens with zero attached hydrogens (tertiary/aromatic N) is 3. The summed E-state index contributed by atoms with van der Waals surface area (Å²) in [5.74, 6) is 2.48. The molecule has 3 aromatic rings. The van der Waals surface area contributed by atoms with Crippen molar-refractivity contribution in [3.8, 4) is 17.2 Å². The number of anilines is 2. The molecule has 1 aliphatic rings. The summed E-state index contributed by atoms with van der Waals surface area (Å²) >= 11 is 3.50. The molecule has 0 spiro atoms. The predicted octanol–water partition coefficient (Wildman–Crippen LogP) is 5.93. The van der Waals surface area contributed by atoms with Crippen LogP contribution in [0.25, 0.3) is 10.9 Å². The van der Waals surface area contributed by atoms with Gasteiger partial charge in [0.25, 0.3) is 0 Å². The number of aromatic nitrogens is 2. The van der Waals surface area contributed by atoms with Crippen LogP contribution in [0.2, 0.25) is 0 Å². The molecule has 0 atom stereocenters. The molecule has 0 saturated carbocycles. The van der Waals surface area contributed by atoms with Crippen molar-refractivity contribution in [3.63, 3.8) is 0 Å². The highest BCUT2D eigenvalue weighted by Crippen LogP contribution is 2.38. The predicted molar refractivity (Wildman–Crippen MR) is 142 cm³/mol. The molecule has 2 heterocycles. The summed E-state index contributed by atoms with van der Waals surface area (Å²) in [4.78, 5) is 23.0. The minimum atomic E-state index is -0.517. The number of ether oxygens (including phenoxy) is 4. The monoisotopic (exact) mass is 558 g/mol. The molecule has 0 unspecified atom stereocenters. The van der Waals surface area contributed by atoms with E-state index in [1.54, 1.807) is 19.1 Å². The third kappa shape index (κ3) is 6.10. The van der Waals surface area contributed by atoms with E-state index in [0.717, 1.165) is 15.5 Å². The zero-order chi connectivity index (χ0) is 25.9. The van der Waals surface area contributed by atoms with Crippen molar-refractivity contribution in [1.29, 1.82) is 0 Å². The van der Waals surface area contributed by atoms with Crippen LogP contribution in [0.3, 0.4) is 0 Å². The summed E-state index contributed by atoms with van der Waals surface area (Å²) in [6.07, 6.45) is 2.51. The second-order valence-electron chi connectivity index (χ2n) is 9.50. The lowest BCUT2D eigenvalue weighted by Crippen LogP contribution is -2.44. The number of hydrogen-bond acceptors (Lipinski definition) is 8. The van der Waals surface area contributed by atoms with Gasteiger partial charge in [-0.3, -0.25) is 0 Å². The van der Waals surface area contributed by atoms with Crippen LogP contribution in [0.5, 0.6) is 17.2 Å². The summed E-state index contributed by atoms with van der Waals surface area (Å²) in [7, 11) is 3.23. The van der Waals surface area contributed by atoms with Gasteiger partial charge >= 0.3 is 6.09 Å². The molecule has 1 fully saturated rings. The van der Waals surface area contributed by atoms with Gasteiger partial charge in [-0.05, 0) is 45.0 Å². The summed E-state index contributed by atoms with van der Waals surface area (Å²) < 4.78 is 23.9. The molecule has 0 aliphatic carbocycles. The van der Waals surface area contributed by atoms with Crippen molar-refractivity contribution in [2.24, 2.45) is 0 Å². The van der Waals surface area contributed by atoms with E-state index in [4.69, 9.17) is 18.9 Å². The lowest BCUT2D eigenvalue weighted by Gasteiger charge is -2.33. The van der Waals surface area contributed by atoms with E-state index in [1.165, 1.54) is 6.33 Å². The lowest BCUT2D eigenvalue weighted by molar-refractivity contribution is 0.0124. The van der Waals surface area contributed by atoms with E-state index in [-0.39, 0.29) is 12.2 Å². The zero-order valence-electron chi connectivity index (χ0n) is 21.1. The van der Waals surface area contributed by atoms with Gasteiger partial charge in [0.15, 0.2) is 11.5 Å². The van der Waals surface area contributed by atoms with Crippen LogP contribution in [0.4, 0.5) is 16.3 Å². The highest BCUT2D eigenvalue weighted by atomic mass is 79.9. The number of carbonyl (C=O) groups is 1. The van der Waals surface area contributed by atoms with E-state index in [1.807, 2.05) is 51.1 Å². The van der Waals surface area contributed by atoms with E-state index < -0.39 is 5.60 Å². The maximum atomic E-state index is 12.4. The molecule has 4 rings (SSSR count). The molecule has 1 N–H and O–H groups in total. The third-order valence-electron chi connectivity index (χ3n) is 5.72. The number of benzene rings is 2. The van der Waals surface area contributed by atoms with E-state index in [2.05, 4.69) is 31.2 Å². The summed E-state index contributed by atoms with van der Waals surface area (Å²) in [6.45, 7) is 6.73. The highest BCUT2D eigenvalue weighted by Gasteiger charge is 2.28. The molecule has 2 aromatic carbocycles. The van der Waals surface area contributed by atoms with Crippen LogP contribution in [0.15, 0.2) is 41.1 Å². The zero-order valence-corrected chi connectivity index (χ0v) is 22.7. The van der Waals surface area contributed by atoms with Gasteiger partial charge in [-0.1, -0.05) is 15.9 Å². The van der Waals surface area contributed by atoms with Crippen molar-refractivity contribution < 1.29 is 23.7 Å². The number of fused-ring (bicyclic) bond motifs is 1. The van der Waals surface area contributed by atoms with Gasteiger partial charge in [-0.2, -0.15) is 0 Å². The maximum Gasteiger partial charge on any atom is 0.410 e. The summed E-state index contributed by atoms with van der Waals surface area (Å²) in [5.41, 5.74) is 0.960. The van der Waals surface area contributed by atoms with E-state index in [9.17, 15) is 4.79 Å². The molecular weight excluding hydrogens is 528 g/mol. The molecule has 1 amide bonds. The Labute approximate surface area is 219 Å². The first-order valence-electron chi connectivity index (χ1n) is 11.7. The fourth-order valence-corrected chi connectivity index (χ4v) is 4.34. The average molecular weight is 559 g/mol. The Balaban J connectivity index is 1.55. The Morgan fingerprint density at radius 1 is 1.03 bits per heavy atom. The van der Waals surface area contributed by atoms with Gasteiger partial charge in [-0.15, -0.1) is 0 Å². The van der Waals surface area contributed by atoms with Crippen molar-refractivity contribution in [2.45, 2.75) is 45.3 Å². The van der Waals surface area contributed by atoms with Gasteiger partial charge in [0.05, 0.1) is 25.4 Å². The fourth-order valence-electron chi connectivity index (χ4n) is 3.98. The van der Waals surface area contributed by atoms with Crippen LogP contribution in [0.1, 0.15) is 33.6 Å². The molecule has 9 nitrogen and oxygen atoms in total. The Bertz CT molecular complexity index is 1240. The summed E-state index contributed by atoms with van der Waals surface area (Å²) in [5, 5.41) is 4.13. The molecule has 36 heavy (non-hydrogen) atoms. The fraction of sp³-hybridized carbons (Fsp3) is 0.423. The van der Waals surface area contributed by atoms with Crippen molar-refractivity contribution >= 4 is 44.4 Å². The Morgan fingerprint density at radius 2 is 1.75 bits per heavy atom. The van der Waals surface area contributed by atoms with Crippen LogP contribution in [-0.4, -0.2) is 60.0 Å². The number of hydrogen-bond donors (Lipinski definition) is 1. The third-order valence-corrected chi connectivity index (χ3v) is 6.22. The highest BCUT2D eigenvalue weighted by molar-refractivity contribution is 9.10. The Kier molecular flexibility index (Phi) is 7.73. The van der Waals surface area contributed by atoms with Gasteiger partial charge < -0.3 is 29.2 Å². The van der Waals surface area contributed by atoms with Gasteiger partial charge in [-0.25, -0.2) is 14.8 Å². The number of likely N-dealkylation sites (tertiary alicyclic amines) is 1. The normalized spacial score (nSPS) is 14.4. The molecule has 0 radical (unpaired) electrons. The Hall–Kier alpha value is -3.27. The minimum Gasteiger partial charge on any atom is -0.495 e. The number of amides is 1. The van der Waals surface area contributed by atoms with Gasteiger partial charge in [0.1, 0.15) is 29.6 Å². The largest absolute Gasteiger partial charge is 0.495 e. The minimum absolute atomic E-state index is 0.0683. The van der Waals surface area contributed by atoms with Crippen molar-refractivity contribution in [3.05, 3.63) is 41.1 Å². The molecule has 10 heteroatoms.